The lowest BCUT2D eigenvalue weighted by molar-refractivity contribution is 0.0995. The van der Waals surface area contributed by atoms with E-state index in [-0.39, 0.29) is 0 Å². The Balaban J connectivity index is 2.07. The number of hydrogen-bond donors (Lipinski definition) is 2. The van der Waals surface area contributed by atoms with Gasteiger partial charge in [-0.3, -0.25) is 4.79 Å². The van der Waals surface area contributed by atoms with Crippen LogP contribution in [0.2, 0.25) is 0 Å². The molecular weight excluding hydrogens is 240 g/mol. The van der Waals surface area contributed by atoms with Crippen LogP contribution in [0.5, 0.6) is 0 Å². The predicted octanol–water partition coefficient (Wildman–Crippen LogP) is 1.15. The van der Waals surface area contributed by atoms with Crippen molar-refractivity contribution in [1.82, 2.24) is 10.3 Å². The van der Waals surface area contributed by atoms with Crippen molar-refractivity contribution >= 4 is 11.7 Å². The first-order valence-corrected chi connectivity index (χ1v) is 6.96. The Bertz CT molecular complexity index is 429. The fourth-order valence-electron chi connectivity index (χ4n) is 2.47. The van der Waals surface area contributed by atoms with E-state index >= 15 is 0 Å². The van der Waals surface area contributed by atoms with Gasteiger partial charge in [0.25, 0.3) is 5.91 Å². The SMILES string of the molecule is CCN(CC1CCCCN1)c1cccc(C(N)=O)n1. The van der Waals surface area contributed by atoms with E-state index in [0.717, 1.165) is 25.5 Å². The van der Waals surface area contributed by atoms with E-state index in [4.69, 9.17) is 5.73 Å². The van der Waals surface area contributed by atoms with Crippen LogP contribution < -0.4 is 16.0 Å². The highest BCUT2D eigenvalue weighted by atomic mass is 16.1. The maximum atomic E-state index is 11.2. The van der Waals surface area contributed by atoms with Gasteiger partial charge in [0.15, 0.2) is 0 Å². The molecule has 3 N–H and O–H groups in total. The number of pyridine rings is 1. The van der Waals surface area contributed by atoms with E-state index in [1.165, 1.54) is 19.3 Å². The van der Waals surface area contributed by atoms with Crippen LogP contribution in [0.4, 0.5) is 5.82 Å². The molecule has 1 aliphatic rings. The second-order valence-electron chi connectivity index (χ2n) is 4.93. The first-order chi connectivity index (χ1) is 9.20. The molecule has 1 aliphatic heterocycles. The zero-order valence-corrected chi connectivity index (χ0v) is 11.4. The van der Waals surface area contributed by atoms with Gasteiger partial charge in [-0.25, -0.2) is 4.98 Å². The quantitative estimate of drug-likeness (QED) is 0.835. The number of nitrogens with one attached hydrogen (secondary N) is 1. The highest BCUT2D eigenvalue weighted by molar-refractivity contribution is 5.91. The number of carbonyl (C=O) groups is 1. The summed E-state index contributed by atoms with van der Waals surface area (Å²) in [5.41, 5.74) is 5.60. The van der Waals surface area contributed by atoms with Gasteiger partial charge in [-0.2, -0.15) is 0 Å². The number of likely N-dealkylation sites (N-methyl/N-ethyl adjacent to an activating group) is 1. The molecule has 0 saturated carbocycles. The van der Waals surface area contributed by atoms with Crippen molar-refractivity contribution in [3.63, 3.8) is 0 Å². The molecule has 5 heteroatoms. The average molecular weight is 262 g/mol. The smallest absolute Gasteiger partial charge is 0.267 e. The number of primary amides is 1. The van der Waals surface area contributed by atoms with Gasteiger partial charge in [0.05, 0.1) is 0 Å². The standard InChI is InChI=1S/C14H22N4O/c1-2-18(10-11-6-3-4-9-16-11)13-8-5-7-12(17-13)14(15)19/h5,7-8,11,16H,2-4,6,9-10H2,1H3,(H2,15,19). The number of hydrogen-bond acceptors (Lipinski definition) is 4. The molecule has 2 rings (SSSR count). The van der Waals surface area contributed by atoms with Crippen LogP contribution in [0.1, 0.15) is 36.7 Å². The van der Waals surface area contributed by atoms with Crippen molar-refractivity contribution < 1.29 is 4.79 Å². The maximum absolute atomic E-state index is 11.2. The van der Waals surface area contributed by atoms with Gasteiger partial charge < -0.3 is 16.0 Å². The van der Waals surface area contributed by atoms with Crippen LogP contribution in [0, 0.1) is 0 Å². The van der Waals surface area contributed by atoms with Crippen LogP contribution in [0.25, 0.3) is 0 Å². The van der Waals surface area contributed by atoms with Crippen LogP contribution in [0.3, 0.4) is 0 Å². The summed E-state index contributed by atoms with van der Waals surface area (Å²) in [6.45, 7) is 4.98. The molecule has 2 heterocycles. The van der Waals surface area contributed by atoms with E-state index in [1.807, 2.05) is 12.1 Å². The largest absolute Gasteiger partial charge is 0.364 e. The Kier molecular flexibility index (Phi) is 4.74. The van der Waals surface area contributed by atoms with Crippen molar-refractivity contribution in [3.8, 4) is 0 Å². The first-order valence-electron chi connectivity index (χ1n) is 6.96. The zero-order valence-electron chi connectivity index (χ0n) is 11.4. The number of carbonyl (C=O) groups excluding carboxylic acids is 1. The molecule has 1 aromatic heterocycles. The first kappa shape index (κ1) is 13.8. The van der Waals surface area contributed by atoms with Crippen LogP contribution in [0.15, 0.2) is 18.2 Å². The van der Waals surface area contributed by atoms with E-state index < -0.39 is 5.91 Å². The van der Waals surface area contributed by atoms with Gasteiger partial charge >= 0.3 is 0 Å². The molecule has 1 unspecified atom stereocenters. The third kappa shape index (κ3) is 3.67. The van der Waals surface area contributed by atoms with Crippen LogP contribution in [-0.4, -0.2) is 36.6 Å². The minimum absolute atomic E-state index is 0.326. The average Bonchev–Trinajstić information content (AvgIpc) is 2.46. The highest BCUT2D eigenvalue weighted by Crippen LogP contribution is 2.15. The van der Waals surface area contributed by atoms with Crippen molar-refractivity contribution in [2.24, 2.45) is 5.73 Å². The van der Waals surface area contributed by atoms with Gasteiger partial charge in [0.1, 0.15) is 11.5 Å². The lowest BCUT2D eigenvalue weighted by atomic mass is 10.0. The number of rotatable bonds is 5. The normalized spacial score (nSPS) is 19.1. The van der Waals surface area contributed by atoms with Gasteiger partial charge in [-0.05, 0) is 38.4 Å². The second-order valence-corrected chi connectivity index (χ2v) is 4.93. The molecule has 1 amide bonds. The molecule has 0 bridgehead atoms. The third-order valence-electron chi connectivity index (χ3n) is 3.55. The predicted molar refractivity (Wildman–Crippen MR) is 76.3 cm³/mol. The maximum Gasteiger partial charge on any atom is 0.267 e. The van der Waals surface area contributed by atoms with Gasteiger partial charge in [0, 0.05) is 19.1 Å². The molecule has 0 aliphatic carbocycles. The summed E-state index contributed by atoms with van der Waals surface area (Å²) in [6.07, 6.45) is 3.74. The molecule has 104 valence electrons. The number of nitrogens with two attached hydrogens (primary N) is 1. The molecule has 0 aromatic carbocycles. The number of anilines is 1. The van der Waals surface area contributed by atoms with E-state index in [9.17, 15) is 4.79 Å². The Morgan fingerprint density at radius 1 is 1.53 bits per heavy atom. The summed E-state index contributed by atoms with van der Waals surface area (Å²) < 4.78 is 0. The minimum Gasteiger partial charge on any atom is -0.364 e. The topological polar surface area (TPSA) is 71.2 Å². The molecule has 1 fully saturated rings. The van der Waals surface area contributed by atoms with Gasteiger partial charge in [-0.15, -0.1) is 0 Å². The number of aromatic nitrogens is 1. The lowest BCUT2D eigenvalue weighted by Crippen LogP contribution is -2.44. The summed E-state index contributed by atoms with van der Waals surface area (Å²) in [5.74, 6) is 0.347. The summed E-state index contributed by atoms with van der Waals surface area (Å²) in [5, 5.41) is 3.53. The van der Waals surface area contributed by atoms with Gasteiger partial charge in [-0.1, -0.05) is 12.5 Å². The van der Waals surface area contributed by atoms with E-state index in [2.05, 4.69) is 22.1 Å². The number of piperidine rings is 1. The zero-order chi connectivity index (χ0) is 13.7. The molecule has 0 spiro atoms. The van der Waals surface area contributed by atoms with Crippen molar-refractivity contribution in [3.05, 3.63) is 23.9 Å². The molecule has 1 atom stereocenters. The lowest BCUT2D eigenvalue weighted by Gasteiger charge is -2.30. The summed E-state index contributed by atoms with van der Waals surface area (Å²) in [6, 6.07) is 5.92. The highest BCUT2D eigenvalue weighted by Gasteiger charge is 2.17. The molecule has 1 aromatic rings. The summed E-state index contributed by atoms with van der Waals surface area (Å²) in [4.78, 5) is 17.7. The molecule has 5 nitrogen and oxygen atoms in total. The molecule has 19 heavy (non-hydrogen) atoms. The van der Waals surface area contributed by atoms with Crippen molar-refractivity contribution in [1.29, 1.82) is 0 Å². The summed E-state index contributed by atoms with van der Waals surface area (Å²) in [7, 11) is 0. The number of nitrogens with zero attached hydrogens (tertiary/aromatic N) is 2. The Hall–Kier alpha value is -1.62. The van der Waals surface area contributed by atoms with Crippen LogP contribution in [-0.2, 0) is 0 Å². The fraction of sp³-hybridized carbons (Fsp3) is 0.571. The number of amides is 1. The van der Waals surface area contributed by atoms with Crippen molar-refractivity contribution in [2.75, 3.05) is 24.5 Å². The van der Waals surface area contributed by atoms with Crippen molar-refractivity contribution in [2.45, 2.75) is 32.2 Å². The summed E-state index contributed by atoms with van der Waals surface area (Å²) >= 11 is 0. The monoisotopic (exact) mass is 262 g/mol. The molecular formula is C14H22N4O. The van der Waals surface area contributed by atoms with E-state index in [0.29, 0.717) is 11.7 Å². The second kappa shape index (κ2) is 6.52. The Labute approximate surface area is 114 Å². The molecule has 0 radical (unpaired) electrons. The molecule has 1 saturated heterocycles. The minimum atomic E-state index is -0.478. The Morgan fingerprint density at radius 3 is 3.00 bits per heavy atom. The van der Waals surface area contributed by atoms with E-state index in [1.54, 1.807) is 6.07 Å². The Morgan fingerprint density at radius 2 is 2.37 bits per heavy atom. The van der Waals surface area contributed by atoms with Crippen LogP contribution >= 0.6 is 0 Å². The third-order valence-corrected chi connectivity index (χ3v) is 3.55. The van der Waals surface area contributed by atoms with Gasteiger partial charge in [0.2, 0.25) is 0 Å². The fourth-order valence-corrected chi connectivity index (χ4v) is 2.47.